The maximum Gasteiger partial charge on any atom is 0.242 e. The smallest absolute Gasteiger partial charge is 0.242 e. The molecule has 2 fully saturated rings. The van der Waals surface area contributed by atoms with Crippen LogP contribution in [0.25, 0.3) is 0 Å². The van der Waals surface area contributed by atoms with Crippen molar-refractivity contribution in [2.45, 2.75) is 26.2 Å². The average Bonchev–Trinajstić information content (AvgIpc) is 2.62. The Bertz CT molecular complexity index is 357. The van der Waals surface area contributed by atoms with Crippen LogP contribution in [0.2, 0.25) is 0 Å². The van der Waals surface area contributed by atoms with E-state index in [0.717, 1.165) is 24.4 Å². The molecule has 0 atom stereocenters. The third-order valence-electron chi connectivity index (χ3n) is 3.63. The van der Waals surface area contributed by atoms with Crippen molar-refractivity contribution < 1.29 is 14.4 Å². The maximum absolute atomic E-state index is 12.1. The molecular formula is C13H21N3O3. The number of carbonyl (C=O) groups is 3. The molecule has 3 amide bonds. The van der Waals surface area contributed by atoms with Gasteiger partial charge in [0.2, 0.25) is 17.7 Å². The van der Waals surface area contributed by atoms with E-state index >= 15 is 0 Å². The Kier molecular flexibility index (Phi) is 4.52. The van der Waals surface area contributed by atoms with E-state index in [4.69, 9.17) is 0 Å². The SMILES string of the molecule is CC1CC(=O)N(CC(=O)N2CCCNCC2)C(=O)C1. The molecule has 0 spiro atoms. The molecule has 0 saturated carbocycles. The predicted octanol–water partition coefficient (Wildman–Crippen LogP) is -0.407. The van der Waals surface area contributed by atoms with Crippen LogP contribution in [0, 0.1) is 5.92 Å². The zero-order valence-corrected chi connectivity index (χ0v) is 11.4. The summed E-state index contributed by atoms with van der Waals surface area (Å²) in [5.41, 5.74) is 0. The molecule has 2 saturated heterocycles. The van der Waals surface area contributed by atoms with Crippen molar-refractivity contribution in [3.8, 4) is 0 Å². The highest BCUT2D eigenvalue weighted by molar-refractivity contribution is 6.01. The molecule has 0 aromatic heterocycles. The third kappa shape index (κ3) is 3.53. The fraction of sp³-hybridized carbons (Fsp3) is 0.769. The number of nitrogens with zero attached hydrogens (tertiary/aromatic N) is 2. The van der Waals surface area contributed by atoms with Crippen LogP contribution >= 0.6 is 0 Å². The Labute approximate surface area is 113 Å². The molecule has 6 heteroatoms. The maximum atomic E-state index is 12.1. The number of hydrogen-bond donors (Lipinski definition) is 1. The van der Waals surface area contributed by atoms with E-state index in [-0.39, 0.29) is 30.2 Å². The molecule has 19 heavy (non-hydrogen) atoms. The number of imide groups is 1. The first-order valence-electron chi connectivity index (χ1n) is 6.89. The fourth-order valence-electron chi connectivity index (χ4n) is 2.53. The van der Waals surface area contributed by atoms with Gasteiger partial charge in [-0.25, -0.2) is 0 Å². The number of rotatable bonds is 2. The Morgan fingerprint density at radius 3 is 2.58 bits per heavy atom. The summed E-state index contributed by atoms with van der Waals surface area (Å²) in [4.78, 5) is 38.7. The lowest BCUT2D eigenvalue weighted by Crippen LogP contribution is -2.49. The molecule has 0 aliphatic carbocycles. The Hall–Kier alpha value is -1.43. The van der Waals surface area contributed by atoms with Crippen LogP contribution in [0.15, 0.2) is 0 Å². The largest absolute Gasteiger partial charge is 0.340 e. The molecular weight excluding hydrogens is 246 g/mol. The van der Waals surface area contributed by atoms with E-state index < -0.39 is 0 Å². The second-order valence-electron chi connectivity index (χ2n) is 5.37. The van der Waals surface area contributed by atoms with E-state index in [1.165, 1.54) is 0 Å². The highest BCUT2D eigenvalue weighted by Gasteiger charge is 2.32. The molecule has 6 nitrogen and oxygen atoms in total. The second-order valence-corrected chi connectivity index (χ2v) is 5.37. The van der Waals surface area contributed by atoms with Gasteiger partial charge in [-0.15, -0.1) is 0 Å². The van der Waals surface area contributed by atoms with Crippen molar-refractivity contribution in [1.82, 2.24) is 15.1 Å². The summed E-state index contributed by atoms with van der Waals surface area (Å²) in [5.74, 6) is -0.469. The van der Waals surface area contributed by atoms with Gasteiger partial charge in [0.1, 0.15) is 6.54 Å². The number of carbonyl (C=O) groups excluding carboxylic acids is 3. The summed E-state index contributed by atoms with van der Waals surface area (Å²) in [5, 5.41) is 3.22. The lowest BCUT2D eigenvalue weighted by Gasteiger charge is -2.30. The number of amides is 3. The predicted molar refractivity (Wildman–Crippen MR) is 69.2 cm³/mol. The van der Waals surface area contributed by atoms with E-state index in [2.05, 4.69) is 5.32 Å². The second kappa shape index (κ2) is 6.14. The molecule has 0 radical (unpaired) electrons. The van der Waals surface area contributed by atoms with Crippen LogP contribution < -0.4 is 5.32 Å². The topological polar surface area (TPSA) is 69.7 Å². The standard InChI is InChI=1S/C13H21N3O3/c1-10-7-11(17)16(12(18)8-10)9-13(19)15-5-2-3-14-4-6-15/h10,14H,2-9H2,1H3. The normalized spacial score (nSPS) is 22.6. The molecule has 0 aromatic rings. The fourth-order valence-corrected chi connectivity index (χ4v) is 2.53. The molecule has 0 aromatic carbocycles. The zero-order chi connectivity index (χ0) is 13.8. The first-order chi connectivity index (χ1) is 9.08. The summed E-state index contributed by atoms with van der Waals surface area (Å²) < 4.78 is 0. The number of hydrogen-bond acceptors (Lipinski definition) is 4. The van der Waals surface area contributed by atoms with Gasteiger partial charge in [0.25, 0.3) is 0 Å². The summed E-state index contributed by atoms with van der Waals surface area (Å²) in [6, 6.07) is 0. The summed E-state index contributed by atoms with van der Waals surface area (Å²) in [6.07, 6.45) is 1.63. The lowest BCUT2D eigenvalue weighted by molar-refractivity contribution is -0.154. The van der Waals surface area contributed by atoms with Crippen molar-refractivity contribution in [2.75, 3.05) is 32.7 Å². The van der Waals surface area contributed by atoms with Crippen LogP contribution in [0.4, 0.5) is 0 Å². The van der Waals surface area contributed by atoms with Gasteiger partial charge in [-0.05, 0) is 18.9 Å². The summed E-state index contributed by atoms with van der Waals surface area (Å²) in [7, 11) is 0. The summed E-state index contributed by atoms with van der Waals surface area (Å²) >= 11 is 0. The molecule has 1 N–H and O–H groups in total. The Balaban J connectivity index is 1.93. The van der Waals surface area contributed by atoms with Gasteiger partial charge in [-0.3, -0.25) is 19.3 Å². The lowest BCUT2D eigenvalue weighted by atomic mass is 9.98. The molecule has 2 aliphatic heterocycles. The van der Waals surface area contributed by atoms with Crippen LogP contribution in [-0.4, -0.2) is 60.2 Å². The van der Waals surface area contributed by atoms with Gasteiger partial charge >= 0.3 is 0 Å². The van der Waals surface area contributed by atoms with E-state index in [0.29, 0.717) is 25.9 Å². The van der Waals surface area contributed by atoms with Crippen molar-refractivity contribution in [3.05, 3.63) is 0 Å². The number of piperidine rings is 1. The van der Waals surface area contributed by atoms with Crippen LogP contribution in [0.3, 0.4) is 0 Å². The van der Waals surface area contributed by atoms with Gasteiger partial charge in [0, 0.05) is 32.5 Å². The highest BCUT2D eigenvalue weighted by atomic mass is 16.2. The molecule has 2 heterocycles. The molecule has 2 rings (SSSR count). The van der Waals surface area contributed by atoms with Gasteiger partial charge < -0.3 is 10.2 Å². The third-order valence-corrected chi connectivity index (χ3v) is 3.63. The van der Waals surface area contributed by atoms with Crippen molar-refractivity contribution in [3.63, 3.8) is 0 Å². The van der Waals surface area contributed by atoms with Crippen molar-refractivity contribution >= 4 is 17.7 Å². The van der Waals surface area contributed by atoms with Crippen molar-refractivity contribution in [2.24, 2.45) is 5.92 Å². The van der Waals surface area contributed by atoms with Crippen LogP contribution in [0.5, 0.6) is 0 Å². The van der Waals surface area contributed by atoms with E-state index in [1.54, 1.807) is 4.90 Å². The number of likely N-dealkylation sites (tertiary alicyclic amines) is 1. The first kappa shape index (κ1) is 14.0. The Morgan fingerprint density at radius 1 is 1.21 bits per heavy atom. The molecule has 0 unspecified atom stereocenters. The van der Waals surface area contributed by atoms with Gasteiger partial charge in [-0.2, -0.15) is 0 Å². The van der Waals surface area contributed by atoms with Gasteiger partial charge in [-0.1, -0.05) is 6.92 Å². The van der Waals surface area contributed by atoms with Gasteiger partial charge in [0.05, 0.1) is 0 Å². The monoisotopic (exact) mass is 267 g/mol. The van der Waals surface area contributed by atoms with Crippen molar-refractivity contribution in [1.29, 1.82) is 0 Å². The highest BCUT2D eigenvalue weighted by Crippen LogP contribution is 2.18. The minimum Gasteiger partial charge on any atom is -0.340 e. The Morgan fingerprint density at radius 2 is 1.89 bits per heavy atom. The molecule has 2 aliphatic rings. The van der Waals surface area contributed by atoms with Gasteiger partial charge in [0.15, 0.2) is 0 Å². The number of nitrogens with one attached hydrogen (secondary N) is 1. The zero-order valence-electron chi connectivity index (χ0n) is 11.4. The minimum absolute atomic E-state index is 0.0914. The first-order valence-corrected chi connectivity index (χ1v) is 6.89. The minimum atomic E-state index is -0.218. The molecule has 106 valence electrons. The molecule has 0 bridgehead atoms. The summed E-state index contributed by atoms with van der Waals surface area (Å²) in [6.45, 7) is 4.80. The van der Waals surface area contributed by atoms with E-state index in [1.807, 2.05) is 6.92 Å². The van der Waals surface area contributed by atoms with E-state index in [9.17, 15) is 14.4 Å². The van der Waals surface area contributed by atoms with Crippen LogP contribution in [-0.2, 0) is 14.4 Å². The quantitative estimate of drug-likeness (QED) is 0.691. The van der Waals surface area contributed by atoms with Crippen LogP contribution in [0.1, 0.15) is 26.2 Å². The average molecular weight is 267 g/mol.